The second-order valence-electron chi connectivity index (χ2n) is 1.73. The van der Waals surface area contributed by atoms with Crippen LogP contribution in [0.5, 0.6) is 5.75 Å². The summed E-state index contributed by atoms with van der Waals surface area (Å²) in [5.41, 5.74) is 0.138. The van der Waals surface area contributed by atoms with Gasteiger partial charge in [-0.25, -0.2) is 0 Å². The molecule has 0 atom stereocenters. The van der Waals surface area contributed by atoms with Crippen molar-refractivity contribution in [1.29, 1.82) is 0 Å². The van der Waals surface area contributed by atoms with Gasteiger partial charge >= 0.3 is 0 Å². The summed E-state index contributed by atoms with van der Waals surface area (Å²) in [6.45, 7) is 0. The number of benzene rings is 1. The number of phenols is 1. The number of halogens is 1. The third-order valence-corrected chi connectivity index (χ3v) is 1.33. The highest BCUT2D eigenvalue weighted by Crippen LogP contribution is 2.27. The van der Waals surface area contributed by atoms with Gasteiger partial charge < -0.3 is 5.11 Å². The third kappa shape index (κ3) is 1.25. The zero-order valence-electron chi connectivity index (χ0n) is 4.91. The number of phenolic OH excluding ortho intramolecular Hbond substituents is 1. The van der Waals surface area contributed by atoms with Gasteiger partial charge in [-0.3, -0.25) is 0 Å². The van der Waals surface area contributed by atoms with Crippen LogP contribution < -0.4 is 0 Å². The maximum Gasteiger partial charge on any atom is 0.126 e. The molecule has 0 fully saturated rings. The summed E-state index contributed by atoms with van der Waals surface area (Å²) in [6, 6.07) is 3.96. The first-order valence-corrected chi connectivity index (χ1v) is 2.93. The Morgan fingerprint density at radius 2 is 2.20 bits per heavy atom. The van der Waals surface area contributed by atoms with Crippen LogP contribution in [0.15, 0.2) is 23.4 Å². The van der Waals surface area contributed by atoms with Crippen molar-refractivity contribution in [2.24, 2.45) is 5.18 Å². The molecule has 0 aliphatic heterocycles. The van der Waals surface area contributed by atoms with Crippen LogP contribution in [0.1, 0.15) is 0 Å². The molecule has 0 aromatic heterocycles. The molecule has 52 valence electrons. The van der Waals surface area contributed by atoms with Gasteiger partial charge in [-0.2, -0.15) is 0 Å². The second-order valence-corrected chi connectivity index (χ2v) is 2.13. The van der Waals surface area contributed by atoms with Crippen molar-refractivity contribution in [3.63, 3.8) is 0 Å². The van der Waals surface area contributed by atoms with Crippen molar-refractivity contribution >= 4 is 17.3 Å². The molecule has 4 heteroatoms. The molecule has 1 N–H and O–H groups in total. The molecule has 0 saturated heterocycles. The Bertz CT molecular complexity index is 262. The lowest BCUT2D eigenvalue weighted by molar-refractivity contribution is 0.475. The fourth-order valence-electron chi connectivity index (χ4n) is 0.570. The highest BCUT2D eigenvalue weighted by Gasteiger charge is 1.99. The molecule has 0 heterocycles. The SMILES string of the molecule is O=Nc1ccc(O)cc1Cl. The molecule has 0 amide bonds. The summed E-state index contributed by atoms with van der Waals surface area (Å²) in [5, 5.41) is 11.6. The quantitative estimate of drug-likeness (QED) is 0.637. The van der Waals surface area contributed by atoms with Gasteiger partial charge in [0.1, 0.15) is 11.4 Å². The van der Waals surface area contributed by atoms with Crippen molar-refractivity contribution in [3.05, 3.63) is 28.1 Å². The molecule has 0 aliphatic carbocycles. The lowest BCUT2D eigenvalue weighted by Gasteiger charge is -1.93. The van der Waals surface area contributed by atoms with E-state index in [1.165, 1.54) is 18.2 Å². The van der Waals surface area contributed by atoms with Crippen LogP contribution >= 0.6 is 11.6 Å². The molecular weight excluding hydrogens is 154 g/mol. The maximum atomic E-state index is 9.92. The van der Waals surface area contributed by atoms with Crippen molar-refractivity contribution in [1.82, 2.24) is 0 Å². The van der Waals surface area contributed by atoms with Gasteiger partial charge in [0.2, 0.25) is 0 Å². The van der Waals surface area contributed by atoms with Crippen molar-refractivity contribution < 1.29 is 5.11 Å². The van der Waals surface area contributed by atoms with Gasteiger partial charge in [0.05, 0.1) is 5.02 Å². The van der Waals surface area contributed by atoms with E-state index >= 15 is 0 Å². The standard InChI is InChI=1S/C6H4ClNO2/c7-5-3-4(9)1-2-6(5)8-10/h1-3,9H. The Morgan fingerprint density at radius 3 is 2.70 bits per heavy atom. The van der Waals surface area contributed by atoms with E-state index in [-0.39, 0.29) is 16.5 Å². The van der Waals surface area contributed by atoms with E-state index < -0.39 is 0 Å². The largest absolute Gasteiger partial charge is 0.508 e. The molecule has 0 saturated carbocycles. The molecule has 0 aliphatic rings. The number of hydrogen-bond acceptors (Lipinski definition) is 3. The summed E-state index contributed by atoms with van der Waals surface area (Å²) in [6.07, 6.45) is 0. The number of aromatic hydroxyl groups is 1. The van der Waals surface area contributed by atoms with E-state index in [4.69, 9.17) is 16.7 Å². The number of hydrogen-bond donors (Lipinski definition) is 1. The summed E-state index contributed by atoms with van der Waals surface area (Å²) in [7, 11) is 0. The van der Waals surface area contributed by atoms with Gasteiger partial charge in [-0.15, -0.1) is 4.91 Å². The fraction of sp³-hybridized carbons (Fsp3) is 0. The summed E-state index contributed by atoms with van der Waals surface area (Å²) < 4.78 is 0. The molecular formula is C6H4ClNO2. The summed E-state index contributed by atoms with van der Waals surface area (Å²) in [4.78, 5) is 9.92. The van der Waals surface area contributed by atoms with Gasteiger partial charge in [-0.05, 0) is 17.3 Å². The average molecular weight is 158 g/mol. The first kappa shape index (κ1) is 7.02. The smallest absolute Gasteiger partial charge is 0.126 e. The van der Waals surface area contributed by atoms with Crippen LogP contribution in [0.25, 0.3) is 0 Å². The predicted octanol–water partition coefficient (Wildman–Crippen LogP) is 2.44. The molecule has 1 aromatic rings. The highest BCUT2D eigenvalue weighted by atomic mass is 35.5. The van der Waals surface area contributed by atoms with Gasteiger partial charge in [-0.1, -0.05) is 11.6 Å². The second kappa shape index (κ2) is 2.66. The monoisotopic (exact) mass is 157 g/mol. The van der Waals surface area contributed by atoms with E-state index in [0.29, 0.717) is 0 Å². The van der Waals surface area contributed by atoms with Gasteiger partial charge in [0.15, 0.2) is 0 Å². The van der Waals surface area contributed by atoms with E-state index in [9.17, 15) is 4.91 Å². The minimum atomic E-state index is 0.0254. The van der Waals surface area contributed by atoms with Crippen LogP contribution in [0, 0.1) is 4.91 Å². The van der Waals surface area contributed by atoms with Crippen LogP contribution in [-0.2, 0) is 0 Å². The van der Waals surface area contributed by atoms with E-state index in [0.717, 1.165) is 0 Å². The Balaban J connectivity index is 3.19. The molecule has 3 nitrogen and oxygen atoms in total. The normalized spacial score (nSPS) is 9.30. The lowest BCUT2D eigenvalue weighted by Crippen LogP contribution is -1.66. The van der Waals surface area contributed by atoms with Gasteiger partial charge in [0, 0.05) is 6.07 Å². The third-order valence-electron chi connectivity index (χ3n) is 1.03. The fourth-order valence-corrected chi connectivity index (χ4v) is 0.779. The van der Waals surface area contributed by atoms with Crippen LogP contribution in [0.3, 0.4) is 0 Å². The zero-order valence-corrected chi connectivity index (χ0v) is 5.67. The number of nitrogens with zero attached hydrogens (tertiary/aromatic N) is 1. The van der Waals surface area contributed by atoms with Crippen LogP contribution in [-0.4, -0.2) is 5.11 Å². The molecule has 0 radical (unpaired) electrons. The Hall–Kier alpha value is -1.09. The minimum absolute atomic E-state index is 0.0254. The lowest BCUT2D eigenvalue weighted by atomic mass is 10.3. The van der Waals surface area contributed by atoms with Gasteiger partial charge in [0.25, 0.3) is 0 Å². The first-order chi connectivity index (χ1) is 4.74. The van der Waals surface area contributed by atoms with Crippen molar-refractivity contribution in [2.45, 2.75) is 0 Å². The van der Waals surface area contributed by atoms with E-state index in [1.807, 2.05) is 0 Å². The van der Waals surface area contributed by atoms with Crippen molar-refractivity contribution in [3.8, 4) is 5.75 Å². The highest BCUT2D eigenvalue weighted by molar-refractivity contribution is 6.33. The van der Waals surface area contributed by atoms with Crippen LogP contribution in [0.4, 0.5) is 5.69 Å². The molecule has 1 aromatic carbocycles. The van der Waals surface area contributed by atoms with E-state index in [1.54, 1.807) is 0 Å². The molecule has 0 spiro atoms. The topological polar surface area (TPSA) is 49.7 Å². The molecule has 0 unspecified atom stereocenters. The van der Waals surface area contributed by atoms with E-state index in [2.05, 4.69) is 5.18 Å². The van der Waals surface area contributed by atoms with Crippen molar-refractivity contribution in [2.75, 3.05) is 0 Å². The minimum Gasteiger partial charge on any atom is -0.508 e. The number of nitroso groups, excluding NO2 is 1. The Kier molecular flexibility index (Phi) is 1.87. The Labute approximate surface area is 62.2 Å². The molecule has 1 rings (SSSR count). The zero-order chi connectivity index (χ0) is 7.56. The average Bonchev–Trinajstić information content (AvgIpc) is 1.88. The number of rotatable bonds is 1. The summed E-state index contributed by atoms with van der Waals surface area (Å²) in [5.74, 6) is 0.0254. The first-order valence-electron chi connectivity index (χ1n) is 2.56. The Morgan fingerprint density at radius 1 is 1.50 bits per heavy atom. The predicted molar refractivity (Wildman–Crippen MR) is 38.6 cm³/mol. The molecule has 10 heavy (non-hydrogen) atoms. The van der Waals surface area contributed by atoms with Crippen LogP contribution in [0.2, 0.25) is 5.02 Å². The maximum absolute atomic E-state index is 9.92. The molecule has 0 bridgehead atoms. The summed E-state index contributed by atoms with van der Waals surface area (Å²) >= 11 is 5.48.